The molecule has 0 aliphatic carbocycles. The van der Waals surface area contributed by atoms with Gasteiger partial charge in [-0.05, 0) is 149 Å². The molecule has 0 radical (unpaired) electrons. The van der Waals surface area contributed by atoms with Crippen molar-refractivity contribution in [3.63, 3.8) is 0 Å². The SMILES string of the molecule is COCC1CN(Cc2nc(Cc3cccc(C)c3)n(-c3ccc(S(N)(=O)=O)cc3F)n2)CCO1.Cc1cccc(Cc2nc(CN3CC4CC(C3)C(=O)O4)nn2-c2ccc(S(N)(=O)=O)cc2F)c1.Cc1cccc(Cc2nc(CN3CCC(C)(O)CC3)nn2-c2ccc(S(N)(=O)=O)cc2F)c1.Cc1cccc(Cc2nc(CN3CCOCC3C)nn2-c2ccc(S(N)(=O)=O)cc2F)c1. The van der Waals surface area contributed by atoms with Crippen molar-refractivity contribution in [2.75, 3.05) is 79.4 Å². The summed E-state index contributed by atoms with van der Waals surface area (Å²) in [6.07, 6.45) is 3.61. The van der Waals surface area contributed by atoms with E-state index in [-0.39, 0.29) is 72.5 Å². The van der Waals surface area contributed by atoms with Gasteiger partial charge in [0.05, 0.1) is 89.8 Å². The van der Waals surface area contributed by atoms with Crippen molar-refractivity contribution in [3.05, 3.63) is 284 Å². The van der Waals surface area contributed by atoms with Gasteiger partial charge >= 0.3 is 5.97 Å². The minimum absolute atomic E-state index is 0.0317. The number of nitrogens with two attached hydrogens (primary N) is 4. The standard InChI is InChI=1S/C23H24FN5O4S.C23H28FN5O4S.C23H28FN5O3S.C22H26FN5O3S/c1-14-3-2-4-15(7-14)8-22-26-21(13-28-11-16-9-17(12-28)33-23(16)30)27-29(22)20-6-5-18(10-19(20)24)34(25,31)32;1-16-4-3-5-17(10-16)11-23-26-22(14-28-8-9-33-18(13-28)15-32-2)27-29(23)21-7-6-19(12-20(21)24)34(25,30)31;1-16-4-3-5-17(12-16)13-22-26-21(15-28-10-8-23(2,30)9-11-28)27-29(22)20-7-6-18(14-19(20)24)33(25,31)32;1-15-4-3-5-17(10-15)11-22-25-21(13-27-8-9-31-14-16(27)2)26-28(22)20-7-6-18(12-19(20)23)32(24,29)30/h2-7,10,16-17H,8-9,11-13H2,1H3,(H2,25,31,32);3-7,10,12,18H,8-9,11,13-15H2,1-2H3,(H2,25,30,31);3-7,12,14,30H,8-11,13,15H2,1-2H3,(H2,25,31,32);3-7,10,12,16H,8-9,11,13-14H2,1-2H3,(H2,24,29,30). The predicted octanol–water partition coefficient (Wildman–Crippen LogP) is 7.97. The largest absolute Gasteiger partial charge is 0.461 e. The molecule has 133 heavy (non-hydrogen) atoms. The summed E-state index contributed by atoms with van der Waals surface area (Å²) >= 11 is 0. The second-order valence-corrected chi connectivity index (χ2v) is 40.5. The minimum Gasteiger partial charge on any atom is -0.461 e. The van der Waals surface area contributed by atoms with E-state index in [0.29, 0.717) is 170 Å². The monoisotopic (exact) mass is 1910 g/mol. The summed E-state index contributed by atoms with van der Waals surface area (Å²) in [7, 11) is -14.5. The van der Waals surface area contributed by atoms with Gasteiger partial charge in [-0.1, -0.05) is 119 Å². The Balaban J connectivity index is 0.000000143. The lowest BCUT2D eigenvalue weighted by Crippen LogP contribution is -2.44. The molecule has 4 aromatic heterocycles. The maximum Gasteiger partial charge on any atom is 0.310 e. The number of hydrogen-bond donors (Lipinski definition) is 5. The van der Waals surface area contributed by atoms with E-state index in [1.165, 1.54) is 67.3 Å². The maximum atomic E-state index is 15.0. The molecule has 0 amide bonds. The quantitative estimate of drug-likeness (QED) is 0.0253. The van der Waals surface area contributed by atoms with Crippen molar-refractivity contribution in [1.29, 1.82) is 0 Å². The van der Waals surface area contributed by atoms with E-state index in [1.807, 2.05) is 132 Å². The number of morpholine rings is 2. The van der Waals surface area contributed by atoms with Gasteiger partial charge in [-0.25, -0.2) is 110 Å². The maximum absolute atomic E-state index is 15.0. The normalized spacial score (nSPS) is 18.0. The molecule has 4 atom stereocenters. The Morgan fingerprint density at radius 1 is 0.451 bits per heavy atom. The molecule has 5 saturated heterocycles. The van der Waals surface area contributed by atoms with E-state index < -0.39 is 69.0 Å². The summed E-state index contributed by atoms with van der Waals surface area (Å²) in [6.45, 7) is 20.8. The topological polar surface area (TPSA) is 451 Å². The zero-order valence-corrected chi connectivity index (χ0v) is 77.7. The zero-order valence-electron chi connectivity index (χ0n) is 74.4. The number of aliphatic hydroxyl groups is 1. The number of likely N-dealkylation sites (tertiary alicyclic amines) is 2. The minimum atomic E-state index is -4.04. The number of sulfonamides is 4. The molecule has 706 valence electrons. The molecule has 8 aromatic carbocycles. The molecule has 9 N–H and O–H groups in total. The number of methoxy groups -OCH3 is 1. The van der Waals surface area contributed by atoms with Gasteiger partial charge in [0.15, 0.2) is 23.3 Å². The first-order valence-corrected chi connectivity index (χ1v) is 49.1. The molecule has 5 aliphatic heterocycles. The summed E-state index contributed by atoms with van der Waals surface area (Å²) in [5, 5.41) is 49.0. The van der Waals surface area contributed by atoms with Gasteiger partial charge in [-0.15, -0.1) is 20.4 Å². The van der Waals surface area contributed by atoms with Gasteiger partial charge in [0, 0.05) is 91.1 Å². The van der Waals surface area contributed by atoms with Crippen molar-refractivity contribution >= 4 is 46.1 Å². The van der Waals surface area contributed by atoms with Crippen molar-refractivity contribution in [2.24, 2.45) is 26.5 Å². The van der Waals surface area contributed by atoms with Gasteiger partial charge in [-0.2, -0.15) is 0 Å². The van der Waals surface area contributed by atoms with Crippen LogP contribution >= 0.6 is 0 Å². The highest BCUT2D eigenvalue weighted by Gasteiger charge is 2.42. The lowest BCUT2D eigenvalue weighted by Gasteiger charge is -2.35. The van der Waals surface area contributed by atoms with Gasteiger partial charge in [0.2, 0.25) is 40.1 Å². The van der Waals surface area contributed by atoms with Crippen LogP contribution in [-0.4, -0.2) is 227 Å². The molecule has 4 unspecified atom stereocenters. The summed E-state index contributed by atoms with van der Waals surface area (Å²) in [5.41, 5.74) is 8.15. The molecule has 12 aromatic rings. The average molecular weight is 1910 g/mol. The fourth-order valence-corrected chi connectivity index (χ4v) is 18.5. The first-order chi connectivity index (χ1) is 63.1. The summed E-state index contributed by atoms with van der Waals surface area (Å²) in [6, 6.07) is 46.1. The van der Waals surface area contributed by atoms with Gasteiger partial charge < -0.3 is 24.1 Å². The number of aromatic nitrogens is 12. The van der Waals surface area contributed by atoms with Crippen LogP contribution in [0.25, 0.3) is 22.7 Å². The molecule has 34 nitrogen and oxygen atoms in total. The van der Waals surface area contributed by atoms with Crippen LogP contribution in [0.5, 0.6) is 0 Å². The van der Waals surface area contributed by atoms with E-state index in [9.17, 15) is 56.7 Å². The number of piperidine rings is 2. The van der Waals surface area contributed by atoms with Crippen molar-refractivity contribution in [3.8, 4) is 22.7 Å². The second kappa shape index (κ2) is 41.8. The number of esters is 1. The number of primary sulfonamides is 4. The van der Waals surface area contributed by atoms with Gasteiger partial charge in [0.25, 0.3) is 0 Å². The van der Waals surface area contributed by atoms with E-state index in [2.05, 4.69) is 51.9 Å². The highest BCUT2D eigenvalue weighted by molar-refractivity contribution is 7.90. The van der Waals surface area contributed by atoms with E-state index in [1.54, 1.807) is 7.11 Å². The lowest BCUT2D eigenvalue weighted by atomic mass is 9.94. The lowest BCUT2D eigenvalue weighted by molar-refractivity contribution is -0.142. The third-order valence-corrected chi connectivity index (χ3v) is 26.8. The Hall–Kier alpha value is -11.2. The first kappa shape index (κ1) is 97.8. The number of halogens is 4. The van der Waals surface area contributed by atoms with E-state index in [0.717, 1.165) is 88.3 Å². The molecular weight excluding hydrogens is 1800 g/mol. The van der Waals surface area contributed by atoms with Crippen LogP contribution in [0.4, 0.5) is 17.6 Å². The molecule has 5 fully saturated rings. The third-order valence-electron chi connectivity index (χ3n) is 23.1. The Bertz CT molecular complexity index is 6710. The Morgan fingerprint density at radius 2 is 0.805 bits per heavy atom. The number of carbonyl (C=O) groups excluding carboxylic acids is 1. The molecule has 0 spiro atoms. The highest BCUT2D eigenvalue weighted by Crippen LogP contribution is 2.32. The van der Waals surface area contributed by atoms with Crippen LogP contribution in [0.2, 0.25) is 0 Å². The van der Waals surface area contributed by atoms with E-state index in [4.69, 9.17) is 54.5 Å². The molecule has 0 saturated carbocycles. The Labute approximate surface area is 769 Å². The third kappa shape index (κ3) is 25.9. The average Bonchev–Trinajstić information content (AvgIpc) is 1.67. The number of hydrogen-bond acceptors (Lipinski definition) is 26. The highest BCUT2D eigenvalue weighted by atomic mass is 32.2. The summed E-state index contributed by atoms with van der Waals surface area (Å²) in [5.74, 6) is 0.959. The van der Waals surface area contributed by atoms with Crippen LogP contribution in [0.1, 0.15) is 124 Å². The van der Waals surface area contributed by atoms with Gasteiger partial charge in [-0.3, -0.25) is 24.4 Å². The molecule has 2 bridgehead atoms. The number of ether oxygens (including phenoxy) is 4. The molecule has 9 heterocycles. The van der Waals surface area contributed by atoms with Crippen LogP contribution < -0.4 is 20.6 Å². The van der Waals surface area contributed by atoms with E-state index >= 15 is 4.39 Å². The van der Waals surface area contributed by atoms with Crippen LogP contribution in [0.15, 0.2) is 189 Å². The fourth-order valence-electron chi connectivity index (χ4n) is 16.4. The summed E-state index contributed by atoms with van der Waals surface area (Å²) < 4.78 is 180. The van der Waals surface area contributed by atoms with Crippen molar-refractivity contribution in [2.45, 2.75) is 156 Å². The molecular formula is C91H106F4N20O14S4. The number of fused-ring (bicyclic) bond motifs is 2. The number of carbonyl (C=O) groups is 1. The zero-order chi connectivity index (χ0) is 95.0. The van der Waals surface area contributed by atoms with Crippen LogP contribution in [-0.2, 0) is 116 Å². The van der Waals surface area contributed by atoms with Crippen molar-refractivity contribution in [1.82, 2.24) is 78.7 Å². The first-order valence-electron chi connectivity index (χ1n) is 42.9. The summed E-state index contributed by atoms with van der Waals surface area (Å²) in [4.78, 5) is 38.1. The van der Waals surface area contributed by atoms with Crippen LogP contribution in [0, 0.1) is 56.9 Å². The van der Waals surface area contributed by atoms with Gasteiger partial charge in [0.1, 0.15) is 75.4 Å². The Morgan fingerprint density at radius 3 is 1.14 bits per heavy atom. The predicted molar refractivity (Wildman–Crippen MR) is 483 cm³/mol. The number of nitrogens with zero attached hydrogens (tertiary/aromatic N) is 16. The second-order valence-electron chi connectivity index (χ2n) is 34.3. The smallest absolute Gasteiger partial charge is 0.310 e. The number of rotatable bonds is 26. The molecule has 17 rings (SSSR count). The molecule has 5 aliphatic rings. The number of aryl methyl sites for hydroxylation is 4. The fraction of sp³-hybridized carbons (Fsp3) is 0.374. The molecule has 42 heteroatoms. The van der Waals surface area contributed by atoms with Crippen molar-refractivity contribution < 1.29 is 80.1 Å². The number of benzene rings is 8. The van der Waals surface area contributed by atoms with Crippen LogP contribution in [0.3, 0.4) is 0 Å². The Kier molecular flexibility index (Phi) is 30.7.